The molecular formula is C15H17N3. The van der Waals surface area contributed by atoms with Gasteiger partial charge in [0.05, 0.1) is 16.8 Å². The number of nitriles is 1. The summed E-state index contributed by atoms with van der Waals surface area (Å²) in [4.78, 5) is 6.47. The molecule has 0 radical (unpaired) electrons. The number of anilines is 1. The summed E-state index contributed by atoms with van der Waals surface area (Å²) in [5, 5.41) is 10.3. The van der Waals surface area contributed by atoms with Gasteiger partial charge < -0.3 is 4.90 Å². The molecule has 3 heteroatoms. The third-order valence-corrected chi connectivity index (χ3v) is 2.89. The number of nitrogens with zero attached hydrogens (tertiary/aromatic N) is 3. The van der Waals surface area contributed by atoms with Gasteiger partial charge >= 0.3 is 0 Å². The fourth-order valence-electron chi connectivity index (χ4n) is 2.26. The lowest BCUT2D eigenvalue weighted by atomic mass is 10.1. The van der Waals surface area contributed by atoms with Crippen molar-refractivity contribution >= 4 is 16.6 Å². The van der Waals surface area contributed by atoms with Gasteiger partial charge in [0.2, 0.25) is 0 Å². The van der Waals surface area contributed by atoms with Crippen LogP contribution in [0.2, 0.25) is 0 Å². The lowest BCUT2D eigenvalue weighted by molar-refractivity contribution is 0.639. The molecule has 0 amide bonds. The van der Waals surface area contributed by atoms with Crippen molar-refractivity contribution in [1.82, 2.24) is 4.98 Å². The van der Waals surface area contributed by atoms with Crippen molar-refractivity contribution in [2.24, 2.45) is 5.92 Å². The van der Waals surface area contributed by atoms with E-state index in [1.807, 2.05) is 31.3 Å². The van der Waals surface area contributed by atoms with Crippen molar-refractivity contribution in [3.63, 3.8) is 0 Å². The second kappa shape index (κ2) is 5.05. The lowest BCUT2D eigenvalue weighted by Gasteiger charge is -2.23. The number of rotatable bonds is 3. The highest BCUT2D eigenvalue weighted by Gasteiger charge is 2.13. The summed E-state index contributed by atoms with van der Waals surface area (Å²) < 4.78 is 0. The molecule has 1 aromatic heterocycles. The average molecular weight is 239 g/mol. The minimum atomic E-state index is 0.550. The normalized spacial score (nSPS) is 10.6. The molecule has 2 aromatic rings. The molecule has 3 nitrogen and oxygen atoms in total. The molecular weight excluding hydrogens is 222 g/mol. The monoisotopic (exact) mass is 239 g/mol. The second-order valence-corrected chi connectivity index (χ2v) is 4.92. The van der Waals surface area contributed by atoms with Gasteiger partial charge in [0.25, 0.3) is 0 Å². The number of aromatic nitrogens is 1. The smallest absolute Gasteiger partial charge is 0.103 e. The largest absolute Gasteiger partial charge is 0.373 e. The van der Waals surface area contributed by atoms with Crippen LogP contribution < -0.4 is 4.90 Å². The molecule has 0 aliphatic rings. The zero-order chi connectivity index (χ0) is 13.1. The summed E-state index contributed by atoms with van der Waals surface area (Å²) in [7, 11) is 2.03. The minimum Gasteiger partial charge on any atom is -0.373 e. The highest BCUT2D eigenvalue weighted by molar-refractivity contribution is 5.94. The van der Waals surface area contributed by atoms with E-state index in [0.717, 1.165) is 23.1 Å². The van der Waals surface area contributed by atoms with E-state index in [1.165, 1.54) is 0 Å². The van der Waals surface area contributed by atoms with Crippen molar-refractivity contribution in [2.45, 2.75) is 13.8 Å². The molecule has 1 heterocycles. The van der Waals surface area contributed by atoms with E-state index in [1.54, 1.807) is 6.20 Å². The van der Waals surface area contributed by atoms with E-state index in [9.17, 15) is 5.26 Å². The van der Waals surface area contributed by atoms with E-state index in [-0.39, 0.29) is 0 Å². The van der Waals surface area contributed by atoms with E-state index in [0.29, 0.717) is 11.5 Å². The number of benzene rings is 1. The van der Waals surface area contributed by atoms with Crippen molar-refractivity contribution < 1.29 is 0 Å². The molecule has 92 valence electrons. The first-order chi connectivity index (χ1) is 8.63. The Morgan fingerprint density at radius 2 is 2.06 bits per heavy atom. The van der Waals surface area contributed by atoms with Crippen molar-refractivity contribution in [1.29, 1.82) is 5.26 Å². The number of pyridine rings is 1. The molecule has 0 fully saturated rings. The SMILES string of the molecule is CC(C)CN(C)c1c(C#N)cnc2ccccc12. The Hall–Kier alpha value is -2.08. The van der Waals surface area contributed by atoms with Gasteiger partial charge in [-0.3, -0.25) is 4.98 Å². The summed E-state index contributed by atoms with van der Waals surface area (Å²) in [5.41, 5.74) is 2.55. The van der Waals surface area contributed by atoms with Crippen LogP contribution in [0.4, 0.5) is 5.69 Å². The number of fused-ring (bicyclic) bond motifs is 1. The molecule has 0 unspecified atom stereocenters. The van der Waals surface area contributed by atoms with Crippen LogP contribution in [0.3, 0.4) is 0 Å². The van der Waals surface area contributed by atoms with Crippen LogP contribution >= 0.6 is 0 Å². The molecule has 1 aromatic carbocycles. The predicted molar refractivity (Wildman–Crippen MR) is 74.6 cm³/mol. The summed E-state index contributed by atoms with van der Waals surface area (Å²) in [6.07, 6.45) is 1.66. The Bertz CT molecular complexity index is 596. The fourth-order valence-corrected chi connectivity index (χ4v) is 2.26. The van der Waals surface area contributed by atoms with Crippen LogP contribution in [0.25, 0.3) is 10.9 Å². The average Bonchev–Trinajstić information content (AvgIpc) is 2.36. The van der Waals surface area contributed by atoms with Gasteiger partial charge in [-0.25, -0.2) is 0 Å². The molecule has 0 aliphatic carbocycles. The molecule has 0 spiro atoms. The van der Waals surface area contributed by atoms with Crippen LogP contribution in [0, 0.1) is 17.2 Å². The molecule has 0 atom stereocenters. The molecule has 0 bridgehead atoms. The third kappa shape index (κ3) is 2.28. The van der Waals surface area contributed by atoms with Gasteiger partial charge in [-0.2, -0.15) is 5.26 Å². The zero-order valence-electron chi connectivity index (χ0n) is 11.0. The summed E-state index contributed by atoms with van der Waals surface area (Å²) >= 11 is 0. The Balaban J connectivity index is 2.62. The molecule has 0 saturated heterocycles. The van der Waals surface area contributed by atoms with Gasteiger partial charge in [-0.1, -0.05) is 32.0 Å². The lowest BCUT2D eigenvalue weighted by Crippen LogP contribution is -2.23. The van der Waals surface area contributed by atoms with Crippen molar-refractivity contribution in [2.75, 3.05) is 18.5 Å². The molecule has 2 rings (SSSR count). The number of para-hydroxylation sites is 1. The van der Waals surface area contributed by atoms with Crippen LogP contribution in [-0.4, -0.2) is 18.6 Å². The molecule has 18 heavy (non-hydrogen) atoms. The highest BCUT2D eigenvalue weighted by Crippen LogP contribution is 2.28. The Morgan fingerprint density at radius 1 is 1.33 bits per heavy atom. The maximum atomic E-state index is 9.24. The maximum absolute atomic E-state index is 9.24. The molecule has 0 saturated carbocycles. The topological polar surface area (TPSA) is 39.9 Å². The van der Waals surface area contributed by atoms with Gasteiger partial charge in [0, 0.05) is 25.2 Å². The molecule has 0 N–H and O–H groups in total. The zero-order valence-corrected chi connectivity index (χ0v) is 11.0. The van der Waals surface area contributed by atoms with Crippen LogP contribution in [0.5, 0.6) is 0 Å². The van der Waals surface area contributed by atoms with E-state index in [2.05, 4.69) is 29.8 Å². The Kier molecular flexibility index (Phi) is 3.47. The number of hydrogen-bond acceptors (Lipinski definition) is 3. The Labute approximate surface area is 108 Å². The van der Waals surface area contributed by atoms with Crippen LogP contribution in [0.1, 0.15) is 19.4 Å². The Morgan fingerprint density at radius 3 is 2.72 bits per heavy atom. The summed E-state index contributed by atoms with van der Waals surface area (Å²) in [6.45, 7) is 5.26. The van der Waals surface area contributed by atoms with Crippen LogP contribution in [0.15, 0.2) is 30.5 Å². The first kappa shape index (κ1) is 12.4. The quantitative estimate of drug-likeness (QED) is 0.825. The highest BCUT2D eigenvalue weighted by atomic mass is 15.1. The minimum absolute atomic E-state index is 0.550. The second-order valence-electron chi connectivity index (χ2n) is 4.92. The van der Waals surface area contributed by atoms with Gasteiger partial charge in [-0.05, 0) is 12.0 Å². The summed E-state index contributed by atoms with van der Waals surface area (Å²) in [6, 6.07) is 10.2. The van der Waals surface area contributed by atoms with Gasteiger partial charge in [0.15, 0.2) is 0 Å². The third-order valence-electron chi connectivity index (χ3n) is 2.89. The predicted octanol–water partition coefficient (Wildman–Crippen LogP) is 3.20. The first-order valence-electron chi connectivity index (χ1n) is 6.12. The maximum Gasteiger partial charge on any atom is 0.103 e. The fraction of sp³-hybridized carbons (Fsp3) is 0.333. The van der Waals surface area contributed by atoms with Crippen molar-refractivity contribution in [3.8, 4) is 6.07 Å². The first-order valence-corrected chi connectivity index (χ1v) is 6.12. The van der Waals surface area contributed by atoms with E-state index in [4.69, 9.17) is 0 Å². The van der Waals surface area contributed by atoms with E-state index < -0.39 is 0 Å². The van der Waals surface area contributed by atoms with Gasteiger partial charge in [-0.15, -0.1) is 0 Å². The van der Waals surface area contributed by atoms with Crippen LogP contribution in [-0.2, 0) is 0 Å². The summed E-state index contributed by atoms with van der Waals surface area (Å²) in [5.74, 6) is 0.550. The van der Waals surface area contributed by atoms with E-state index >= 15 is 0 Å². The molecule has 0 aliphatic heterocycles. The number of hydrogen-bond donors (Lipinski definition) is 0. The van der Waals surface area contributed by atoms with Gasteiger partial charge in [0.1, 0.15) is 6.07 Å². The van der Waals surface area contributed by atoms with Crippen molar-refractivity contribution in [3.05, 3.63) is 36.0 Å². The standard InChI is InChI=1S/C15H17N3/c1-11(2)10-18(3)15-12(8-16)9-17-14-7-5-4-6-13(14)15/h4-7,9,11H,10H2,1-3H3.